The minimum absolute atomic E-state index is 0.116. The lowest BCUT2D eigenvalue weighted by molar-refractivity contribution is -0.115. The number of hydrogen-bond acceptors (Lipinski definition) is 5. The van der Waals surface area contributed by atoms with Crippen LogP contribution in [0.5, 0.6) is 5.75 Å². The molecule has 5 nitrogen and oxygen atoms in total. The quantitative estimate of drug-likeness (QED) is 0.363. The van der Waals surface area contributed by atoms with E-state index in [0.29, 0.717) is 27.8 Å². The Morgan fingerprint density at radius 1 is 1.18 bits per heavy atom. The van der Waals surface area contributed by atoms with Gasteiger partial charge in [-0.2, -0.15) is 0 Å². The van der Waals surface area contributed by atoms with Crippen LogP contribution in [0.1, 0.15) is 23.0 Å². The molecule has 2 aromatic carbocycles. The maximum Gasteiger partial charge on any atom is 0.230 e. The predicted molar refractivity (Wildman–Crippen MR) is 115 cm³/mol. The Kier molecular flexibility index (Phi) is 6.38. The van der Waals surface area contributed by atoms with Gasteiger partial charge >= 0.3 is 0 Å². The Morgan fingerprint density at radius 2 is 1.93 bits per heavy atom. The molecule has 0 bridgehead atoms. The molecule has 0 aliphatic carbocycles. The van der Waals surface area contributed by atoms with E-state index in [4.69, 9.17) is 4.74 Å². The molecule has 0 atom stereocenters. The summed E-state index contributed by atoms with van der Waals surface area (Å²) < 4.78 is 6.00. The van der Waals surface area contributed by atoms with Gasteiger partial charge in [0.15, 0.2) is 10.9 Å². The number of allylic oxidation sites excluding steroid dienone is 1. The van der Waals surface area contributed by atoms with Crippen LogP contribution in [0.15, 0.2) is 64.5 Å². The first-order chi connectivity index (χ1) is 13.5. The fraction of sp³-hybridized carbons (Fsp3) is 0.0952. The molecule has 1 amide bonds. The number of ether oxygens (including phenoxy) is 1. The van der Waals surface area contributed by atoms with Gasteiger partial charge in [-0.25, -0.2) is 4.98 Å². The largest absolute Gasteiger partial charge is 0.497 e. The van der Waals surface area contributed by atoms with E-state index in [0.717, 1.165) is 4.47 Å². The van der Waals surface area contributed by atoms with Crippen molar-refractivity contribution in [2.75, 3.05) is 12.0 Å². The number of halogens is 1. The molecule has 0 unspecified atom stereocenters. The van der Waals surface area contributed by atoms with Gasteiger partial charge < -0.3 is 4.74 Å². The first-order valence-corrected chi connectivity index (χ1v) is 10.0. The van der Waals surface area contributed by atoms with Crippen molar-refractivity contribution in [3.05, 3.63) is 75.7 Å². The first kappa shape index (κ1) is 20.0. The number of carbonyl (C=O) groups excluding carboxylic acids is 2. The van der Waals surface area contributed by atoms with E-state index < -0.39 is 0 Å². The van der Waals surface area contributed by atoms with Gasteiger partial charge in [0.25, 0.3) is 0 Å². The van der Waals surface area contributed by atoms with Gasteiger partial charge in [0.05, 0.1) is 18.5 Å². The highest BCUT2D eigenvalue weighted by Crippen LogP contribution is 2.30. The average molecular weight is 457 g/mol. The van der Waals surface area contributed by atoms with Crippen molar-refractivity contribution in [1.29, 1.82) is 0 Å². The number of ketones is 1. The molecule has 0 spiro atoms. The monoisotopic (exact) mass is 456 g/mol. The zero-order valence-corrected chi connectivity index (χ0v) is 17.7. The fourth-order valence-electron chi connectivity index (χ4n) is 2.51. The van der Waals surface area contributed by atoms with Gasteiger partial charge in [0.1, 0.15) is 5.75 Å². The first-order valence-electron chi connectivity index (χ1n) is 8.36. The highest BCUT2D eigenvalue weighted by atomic mass is 79.9. The molecule has 0 aliphatic rings. The Bertz CT molecular complexity index is 1030. The van der Waals surface area contributed by atoms with Gasteiger partial charge in [0.2, 0.25) is 5.91 Å². The number of aromatic nitrogens is 1. The molecule has 0 aliphatic heterocycles. The maximum absolute atomic E-state index is 12.3. The summed E-state index contributed by atoms with van der Waals surface area (Å²) >= 11 is 4.69. The Hall–Kier alpha value is -2.77. The summed E-state index contributed by atoms with van der Waals surface area (Å²) in [4.78, 5) is 30.5. The third-order valence-corrected chi connectivity index (χ3v) is 5.20. The third-order valence-electron chi connectivity index (χ3n) is 3.86. The number of benzene rings is 2. The number of amides is 1. The van der Waals surface area contributed by atoms with Crippen LogP contribution in [0.25, 0.3) is 6.08 Å². The number of rotatable bonds is 6. The molecule has 28 heavy (non-hydrogen) atoms. The standard InChI is InChI=1S/C21H17BrN2O3S/c1-14(25)24(18-7-9-19(27-2)10-8-18)21-23-17(13-28-21)6-11-20(26)15-4-3-5-16(22)12-15/h3-13H,1-2H3. The Labute approximate surface area is 175 Å². The van der Waals surface area contributed by atoms with Crippen LogP contribution in [0.3, 0.4) is 0 Å². The molecular formula is C21H17BrN2O3S. The van der Waals surface area contributed by atoms with Crippen LogP contribution in [-0.2, 0) is 4.79 Å². The summed E-state index contributed by atoms with van der Waals surface area (Å²) in [6.45, 7) is 1.48. The van der Waals surface area contributed by atoms with Crippen LogP contribution in [0, 0.1) is 0 Å². The predicted octanol–water partition coefficient (Wildman–Crippen LogP) is 5.49. The third kappa shape index (κ3) is 4.74. The second-order valence-corrected chi connectivity index (χ2v) is 7.57. The SMILES string of the molecule is COc1ccc(N(C(C)=O)c2nc(C=CC(=O)c3cccc(Br)c3)cs2)cc1. The molecule has 142 valence electrons. The van der Waals surface area contributed by atoms with Crippen molar-refractivity contribution in [2.24, 2.45) is 0 Å². The molecule has 0 radical (unpaired) electrons. The average Bonchev–Trinajstić information content (AvgIpc) is 3.15. The van der Waals surface area contributed by atoms with E-state index in [9.17, 15) is 9.59 Å². The zero-order chi connectivity index (χ0) is 20.1. The summed E-state index contributed by atoms with van der Waals surface area (Å²) in [5.41, 5.74) is 1.90. The maximum atomic E-state index is 12.3. The van der Waals surface area contributed by atoms with E-state index >= 15 is 0 Å². The second-order valence-electron chi connectivity index (χ2n) is 5.82. The van der Waals surface area contributed by atoms with Gasteiger partial charge in [-0.15, -0.1) is 11.3 Å². The smallest absolute Gasteiger partial charge is 0.230 e. The van der Waals surface area contributed by atoms with E-state index in [2.05, 4.69) is 20.9 Å². The number of nitrogens with zero attached hydrogens (tertiary/aromatic N) is 2. The number of hydrogen-bond donors (Lipinski definition) is 0. The molecule has 0 saturated carbocycles. The highest BCUT2D eigenvalue weighted by Gasteiger charge is 2.17. The second kappa shape index (κ2) is 8.95. The number of methoxy groups -OCH3 is 1. The van der Waals surface area contributed by atoms with Crippen molar-refractivity contribution in [3.63, 3.8) is 0 Å². The van der Waals surface area contributed by atoms with E-state index in [1.807, 2.05) is 12.1 Å². The molecule has 1 aromatic heterocycles. The van der Waals surface area contributed by atoms with Gasteiger partial charge in [0, 0.05) is 22.3 Å². The molecule has 0 fully saturated rings. The summed E-state index contributed by atoms with van der Waals surface area (Å²) in [6, 6.07) is 14.4. The van der Waals surface area contributed by atoms with E-state index in [-0.39, 0.29) is 11.7 Å². The van der Waals surface area contributed by atoms with Crippen molar-refractivity contribution < 1.29 is 14.3 Å². The minimum atomic E-state index is -0.153. The van der Waals surface area contributed by atoms with Crippen LogP contribution in [-0.4, -0.2) is 23.8 Å². The number of anilines is 2. The molecule has 0 saturated heterocycles. The summed E-state index contributed by atoms with van der Waals surface area (Å²) in [7, 11) is 1.59. The lowest BCUT2D eigenvalue weighted by atomic mass is 10.1. The summed E-state index contributed by atoms with van der Waals surface area (Å²) in [5.74, 6) is 0.441. The molecule has 3 rings (SSSR count). The van der Waals surface area contributed by atoms with Crippen LogP contribution < -0.4 is 9.64 Å². The zero-order valence-electron chi connectivity index (χ0n) is 15.3. The lowest BCUT2D eigenvalue weighted by Crippen LogP contribution is -2.22. The Balaban J connectivity index is 1.80. The number of thiazole rings is 1. The molecule has 7 heteroatoms. The normalized spacial score (nSPS) is 10.8. The minimum Gasteiger partial charge on any atom is -0.497 e. The lowest BCUT2D eigenvalue weighted by Gasteiger charge is -2.18. The van der Waals surface area contributed by atoms with Gasteiger partial charge in [-0.05, 0) is 48.6 Å². The van der Waals surface area contributed by atoms with Crippen molar-refractivity contribution in [1.82, 2.24) is 4.98 Å². The van der Waals surface area contributed by atoms with Crippen molar-refractivity contribution >= 4 is 55.9 Å². The molecule has 3 aromatic rings. The van der Waals surface area contributed by atoms with Crippen LogP contribution >= 0.6 is 27.3 Å². The molecule has 0 N–H and O–H groups in total. The summed E-state index contributed by atoms with van der Waals surface area (Å²) in [6.07, 6.45) is 3.13. The van der Waals surface area contributed by atoms with Crippen LogP contribution in [0.2, 0.25) is 0 Å². The Morgan fingerprint density at radius 3 is 2.57 bits per heavy atom. The fourth-order valence-corrected chi connectivity index (χ4v) is 3.77. The topological polar surface area (TPSA) is 59.5 Å². The van der Waals surface area contributed by atoms with Crippen molar-refractivity contribution in [2.45, 2.75) is 6.92 Å². The summed E-state index contributed by atoms with van der Waals surface area (Å²) in [5, 5.41) is 2.34. The highest BCUT2D eigenvalue weighted by molar-refractivity contribution is 9.10. The van der Waals surface area contributed by atoms with E-state index in [1.165, 1.54) is 29.2 Å². The molecular weight excluding hydrogens is 440 g/mol. The van der Waals surface area contributed by atoms with Crippen molar-refractivity contribution in [3.8, 4) is 5.75 Å². The van der Waals surface area contributed by atoms with Gasteiger partial charge in [-0.3, -0.25) is 14.5 Å². The van der Waals surface area contributed by atoms with Gasteiger partial charge in [-0.1, -0.05) is 28.1 Å². The van der Waals surface area contributed by atoms with Crippen LogP contribution in [0.4, 0.5) is 10.8 Å². The van der Waals surface area contributed by atoms with E-state index in [1.54, 1.807) is 55.0 Å². The molecule has 1 heterocycles. The number of carbonyl (C=O) groups is 2.